The molecule has 2 aliphatic rings. The van der Waals surface area contributed by atoms with Crippen LogP contribution in [0.4, 0.5) is 5.69 Å². The summed E-state index contributed by atoms with van der Waals surface area (Å²) < 4.78 is 0.937. The van der Waals surface area contributed by atoms with E-state index in [1.807, 2.05) is 12.1 Å². The number of piperidine rings is 1. The van der Waals surface area contributed by atoms with Crippen molar-refractivity contribution in [3.63, 3.8) is 0 Å². The van der Waals surface area contributed by atoms with Crippen molar-refractivity contribution in [3.8, 4) is 0 Å². The Morgan fingerprint density at radius 3 is 2.57 bits per heavy atom. The SMILES string of the molecule is C[C@@H]1CCCN([C@H]2CC(=O)N(c3ccc(Br)cc3)C2=O)C1. The molecule has 2 heterocycles. The maximum Gasteiger partial charge on any atom is 0.251 e. The standard InChI is InChI=1S/C16H19BrN2O2/c1-11-3-2-8-18(10-11)14-9-15(20)19(16(14)21)13-6-4-12(17)5-7-13/h4-7,11,14H,2-3,8-10H2,1H3/t11-,14+/m1/s1. The Labute approximate surface area is 133 Å². The first-order chi connectivity index (χ1) is 10.1. The summed E-state index contributed by atoms with van der Waals surface area (Å²) in [4.78, 5) is 28.5. The number of amides is 2. The first kappa shape index (κ1) is 14.7. The summed E-state index contributed by atoms with van der Waals surface area (Å²) in [5.41, 5.74) is 0.667. The molecular weight excluding hydrogens is 332 g/mol. The molecule has 0 radical (unpaired) electrons. The van der Waals surface area contributed by atoms with Crippen LogP contribution < -0.4 is 4.90 Å². The lowest BCUT2D eigenvalue weighted by Gasteiger charge is -2.34. The van der Waals surface area contributed by atoms with Crippen LogP contribution in [-0.4, -0.2) is 35.8 Å². The second-order valence-electron chi connectivity index (χ2n) is 6.01. The third-order valence-corrected chi connectivity index (χ3v) is 4.87. The number of carbonyl (C=O) groups is 2. The molecule has 21 heavy (non-hydrogen) atoms. The minimum Gasteiger partial charge on any atom is -0.291 e. The van der Waals surface area contributed by atoms with Crippen LogP contribution in [0.3, 0.4) is 0 Å². The molecule has 5 heteroatoms. The molecule has 0 aliphatic carbocycles. The van der Waals surface area contributed by atoms with Crippen LogP contribution in [0.5, 0.6) is 0 Å². The molecule has 112 valence electrons. The molecule has 4 nitrogen and oxygen atoms in total. The van der Waals surface area contributed by atoms with Gasteiger partial charge in [0.1, 0.15) is 0 Å². The molecule has 1 aromatic rings. The molecule has 1 aromatic carbocycles. The molecule has 0 saturated carbocycles. The molecule has 2 amide bonds. The maximum absolute atomic E-state index is 12.7. The van der Waals surface area contributed by atoms with E-state index in [0.29, 0.717) is 18.0 Å². The Balaban J connectivity index is 1.80. The number of imide groups is 1. The van der Waals surface area contributed by atoms with Gasteiger partial charge in [0.2, 0.25) is 5.91 Å². The van der Waals surface area contributed by atoms with Crippen LogP contribution in [0.15, 0.2) is 28.7 Å². The van der Waals surface area contributed by atoms with Crippen molar-refractivity contribution < 1.29 is 9.59 Å². The second kappa shape index (κ2) is 5.89. The number of hydrogen-bond acceptors (Lipinski definition) is 3. The molecule has 2 saturated heterocycles. The highest BCUT2D eigenvalue weighted by atomic mass is 79.9. The van der Waals surface area contributed by atoms with Gasteiger partial charge in [-0.25, -0.2) is 4.90 Å². The zero-order valence-electron chi connectivity index (χ0n) is 12.1. The minimum atomic E-state index is -0.274. The van der Waals surface area contributed by atoms with E-state index in [2.05, 4.69) is 27.8 Å². The fraction of sp³-hybridized carbons (Fsp3) is 0.500. The van der Waals surface area contributed by atoms with Gasteiger partial charge in [-0.1, -0.05) is 22.9 Å². The number of rotatable bonds is 2. The topological polar surface area (TPSA) is 40.6 Å². The second-order valence-corrected chi connectivity index (χ2v) is 6.92. The predicted octanol–water partition coefficient (Wildman–Crippen LogP) is 2.81. The first-order valence-corrected chi connectivity index (χ1v) is 8.22. The lowest BCUT2D eigenvalue weighted by atomic mass is 9.98. The molecule has 0 N–H and O–H groups in total. The van der Waals surface area contributed by atoms with Crippen molar-refractivity contribution in [2.24, 2.45) is 5.92 Å². The van der Waals surface area contributed by atoms with Crippen LogP contribution in [0.1, 0.15) is 26.2 Å². The van der Waals surface area contributed by atoms with Crippen molar-refractivity contribution in [2.75, 3.05) is 18.0 Å². The Bertz CT molecular complexity index is 558. The average Bonchev–Trinajstić information content (AvgIpc) is 2.75. The minimum absolute atomic E-state index is 0.0728. The van der Waals surface area contributed by atoms with Gasteiger partial charge < -0.3 is 0 Å². The van der Waals surface area contributed by atoms with Gasteiger partial charge in [-0.2, -0.15) is 0 Å². The molecule has 2 atom stereocenters. The van der Waals surface area contributed by atoms with Crippen molar-refractivity contribution >= 4 is 33.4 Å². The first-order valence-electron chi connectivity index (χ1n) is 7.42. The number of carbonyl (C=O) groups excluding carboxylic acids is 2. The number of hydrogen-bond donors (Lipinski definition) is 0. The van der Waals surface area contributed by atoms with E-state index in [1.165, 1.54) is 11.3 Å². The molecule has 3 rings (SSSR count). The summed E-state index contributed by atoms with van der Waals surface area (Å²) in [6.45, 7) is 4.04. The fourth-order valence-electron chi connectivity index (χ4n) is 3.27. The molecular formula is C16H19BrN2O2. The Morgan fingerprint density at radius 1 is 1.19 bits per heavy atom. The molecule has 0 aromatic heterocycles. The van der Waals surface area contributed by atoms with Gasteiger partial charge in [0.25, 0.3) is 5.91 Å². The Morgan fingerprint density at radius 2 is 1.90 bits per heavy atom. The van der Waals surface area contributed by atoms with Crippen LogP contribution >= 0.6 is 15.9 Å². The summed E-state index contributed by atoms with van der Waals surface area (Å²) in [5.74, 6) is 0.436. The molecule has 0 bridgehead atoms. The zero-order valence-corrected chi connectivity index (χ0v) is 13.7. The molecule has 2 fully saturated rings. The summed E-state index contributed by atoms with van der Waals surface area (Å²) in [7, 11) is 0. The summed E-state index contributed by atoms with van der Waals surface area (Å²) in [6.07, 6.45) is 2.63. The van der Waals surface area contributed by atoms with E-state index in [9.17, 15) is 9.59 Å². The van der Waals surface area contributed by atoms with Crippen LogP contribution in [0.2, 0.25) is 0 Å². The zero-order chi connectivity index (χ0) is 15.0. The summed E-state index contributed by atoms with van der Waals surface area (Å²) in [5, 5.41) is 0. The number of halogens is 1. The molecule has 0 unspecified atom stereocenters. The van der Waals surface area contributed by atoms with Crippen LogP contribution in [-0.2, 0) is 9.59 Å². The highest BCUT2D eigenvalue weighted by molar-refractivity contribution is 9.10. The lowest BCUT2D eigenvalue weighted by molar-refractivity contribution is -0.123. The molecule has 0 spiro atoms. The van der Waals surface area contributed by atoms with Gasteiger partial charge in [-0.15, -0.1) is 0 Å². The van der Waals surface area contributed by atoms with Crippen molar-refractivity contribution in [2.45, 2.75) is 32.2 Å². The van der Waals surface area contributed by atoms with Crippen LogP contribution in [0.25, 0.3) is 0 Å². The maximum atomic E-state index is 12.7. The van der Waals surface area contributed by atoms with Gasteiger partial charge in [0.05, 0.1) is 18.2 Å². The van der Waals surface area contributed by atoms with Crippen LogP contribution in [0, 0.1) is 5.92 Å². The van der Waals surface area contributed by atoms with E-state index in [1.54, 1.807) is 12.1 Å². The third-order valence-electron chi connectivity index (χ3n) is 4.34. The highest BCUT2D eigenvalue weighted by Crippen LogP contribution is 2.29. The number of likely N-dealkylation sites (tertiary alicyclic amines) is 1. The van der Waals surface area contributed by atoms with E-state index in [4.69, 9.17) is 0 Å². The van der Waals surface area contributed by atoms with E-state index < -0.39 is 0 Å². The lowest BCUT2D eigenvalue weighted by Crippen LogP contribution is -2.46. The van der Waals surface area contributed by atoms with Gasteiger partial charge >= 0.3 is 0 Å². The number of benzene rings is 1. The number of nitrogens with zero attached hydrogens (tertiary/aromatic N) is 2. The van der Waals surface area contributed by atoms with Gasteiger partial charge in [0.15, 0.2) is 0 Å². The van der Waals surface area contributed by atoms with E-state index in [0.717, 1.165) is 24.0 Å². The van der Waals surface area contributed by atoms with Crippen molar-refractivity contribution in [3.05, 3.63) is 28.7 Å². The van der Waals surface area contributed by atoms with Crippen molar-refractivity contribution in [1.82, 2.24) is 4.90 Å². The van der Waals surface area contributed by atoms with Gasteiger partial charge in [-0.05, 0) is 49.6 Å². The normalized spacial score (nSPS) is 27.4. The third kappa shape index (κ3) is 2.90. The fourth-order valence-corrected chi connectivity index (χ4v) is 3.54. The van der Waals surface area contributed by atoms with Gasteiger partial charge in [0, 0.05) is 11.0 Å². The largest absolute Gasteiger partial charge is 0.291 e. The van der Waals surface area contributed by atoms with E-state index >= 15 is 0 Å². The summed E-state index contributed by atoms with van der Waals surface area (Å²) in [6, 6.07) is 7.05. The average molecular weight is 351 g/mol. The Kier molecular flexibility index (Phi) is 4.13. The Hall–Kier alpha value is -1.20. The predicted molar refractivity (Wildman–Crippen MR) is 85.0 cm³/mol. The summed E-state index contributed by atoms with van der Waals surface area (Å²) >= 11 is 3.37. The quantitative estimate of drug-likeness (QED) is 0.770. The molecule has 2 aliphatic heterocycles. The monoisotopic (exact) mass is 350 g/mol. The van der Waals surface area contributed by atoms with E-state index in [-0.39, 0.29) is 17.9 Å². The smallest absolute Gasteiger partial charge is 0.251 e. The number of anilines is 1. The van der Waals surface area contributed by atoms with Gasteiger partial charge in [-0.3, -0.25) is 14.5 Å². The highest BCUT2D eigenvalue weighted by Gasteiger charge is 2.43. The van der Waals surface area contributed by atoms with Crippen molar-refractivity contribution in [1.29, 1.82) is 0 Å².